The number of rotatable bonds is 8. The van der Waals surface area contributed by atoms with E-state index < -0.39 is 0 Å². The van der Waals surface area contributed by atoms with Gasteiger partial charge in [-0.1, -0.05) is 6.92 Å². The van der Waals surface area contributed by atoms with Gasteiger partial charge in [0, 0.05) is 38.8 Å². The summed E-state index contributed by atoms with van der Waals surface area (Å²) in [7, 11) is 0. The number of hydrogen-bond acceptors (Lipinski definition) is 4. The van der Waals surface area contributed by atoms with Crippen LogP contribution in [0, 0.1) is 0 Å². The van der Waals surface area contributed by atoms with Crippen LogP contribution in [-0.4, -0.2) is 67.8 Å². The summed E-state index contributed by atoms with van der Waals surface area (Å²) in [5, 5.41) is 2.89. The molecule has 2 saturated heterocycles. The molecule has 25 heavy (non-hydrogen) atoms. The highest BCUT2D eigenvalue weighted by Gasteiger charge is 2.30. The van der Waals surface area contributed by atoms with Crippen molar-refractivity contribution in [1.82, 2.24) is 15.1 Å². The second-order valence-corrected chi connectivity index (χ2v) is 6.67. The molecule has 2 amide bonds. The lowest BCUT2D eigenvalue weighted by Crippen LogP contribution is -2.46. The largest absolute Gasteiger partial charge is 0.494 e. The third-order valence-corrected chi connectivity index (χ3v) is 4.86. The van der Waals surface area contributed by atoms with Crippen LogP contribution in [0.25, 0.3) is 0 Å². The Kier molecular flexibility index (Phi) is 6.39. The minimum atomic E-state index is 0.105. The zero-order chi connectivity index (χ0) is 17.5. The van der Waals surface area contributed by atoms with Gasteiger partial charge in [0.15, 0.2) is 0 Å². The summed E-state index contributed by atoms with van der Waals surface area (Å²) in [5.41, 5.74) is 0. The van der Waals surface area contributed by atoms with Crippen molar-refractivity contribution in [1.29, 1.82) is 0 Å². The average Bonchev–Trinajstić information content (AvgIpc) is 3.08. The van der Waals surface area contributed by atoms with Gasteiger partial charge in [0.25, 0.3) is 0 Å². The van der Waals surface area contributed by atoms with Crippen molar-refractivity contribution in [3.8, 4) is 11.5 Å². The van der Waals surface area contributed by atoms with Crippen LogP contribution in [0.4, 0.5) is 4.79 Å². The summed E-state index contributed by atoms with van der Waals surface area (Å²) in [4.78, 5) is 16.2. The first-order chi connectivity index (χ1) is 12.3. The maximum absolute atomic E-state index is 11.7. The molecule has 0 aromatic heterocycles. The summed E-state index contributed by atoms with van der Waals surface area (Å²) in [5.74, 6) is 1.77. The fraction of sp³-hybridized carbons (Fsp3) is 0.632. The first-order valence-electron chi connectivity index (χ1n) is 9.38. The van der Waals surface area contributed by atoms with Crippen LogP contribution >= 0.6 is 0 Å². The summed E-state index contributed by atoms with van der Waals surface area (Å²) in [6, 6.07) is 8.34. The molecule has 0 unspecified atom stereocenters. The van der Waals surface area contributed by atoms with Crippen LogP contribution in [-0.2, 0) is 0 Å². The van der Waals surface area contributed by atoms with Crippen LogP contribution in [0.3, 0.4) is 0 Å². The van der Waals surface area contributed by atoms with Gasteiger partial charge in [-0.25, -0.2) is 4.79 Å². The lowest BCUT2D eigenvalue weighted by molar-refractivity contribution is 0.123. The van der Waals surface area contributed by atoms with Crippen LogP contribution in [0.1, 0.15) is 26.2 Å². The molecule has 1 aromatic carbocycles. The lowest BCUT2D eigenvalue weighted by atomic mass is 10.0. The molecular weight excluding hydrogens is 318 g/mol. The van der Waals surface area contributed by atoms with E-state index in [1.807, 2.05) is 29.2 Å². The number of nitrogens with one attached hydrogen (secondary N) is 1. The molecule has 0 radical (unpaired) electrons. The Hall–Kier alpha value is -1.95. The Bertz CT molecular complexity index is 541. The number of ether oxygens (including phenoxy) is 2. The molecule has 6 nitrogen and oxygen atoms in total. The van der Waals surface area contributed by atoms with Crippen molar-refractivity contribution in [2.24, 2.45) is 0 Å². The predicted octanol–water partition coefficient (Wildman–Crippen LogP) is 2.34. The highest BCUT2D eigenvalue weighted by Crippen LogP contribution is 2.19. The number of likely N-dealkylation sites (tertiary alicyclic amines) is 1. The Morgan fingerprint density at radius 2 is 1.68 bits per heavy atom. The zero-order valence-corrected chi connectivity index (χ0v) is 15.1. The maximum Gasteiger partial charge on any atom is 0.317 e. The maximum atomic E-state index is 11.7. The van der Waals surface area contributed by atoms with Gasteiger partial charge >= 0.3 is 6.03 Å². The van der Waals surface area contributed by atoms with Crippen molar-refractivity contribution < 1.29 is 14.3 Å². The molecule has 0 bridgehead atoms. The molecule has 0 spiro atoms. The summed E-state index contributed by atoms with van der Waals surface area (Å²) >= 11 is 0. The third-order valence-electron chi connectivity index (χ3n) is 4.86. The smallest absolute Gasteiger partial charge is 0.317 e. The average molecular weight is 347 g/mol. The van der Waals surface area contributed by atoms with E-state index in [1.165, 1.54) is 0 Å². The van der Waals surface area contributed by atoms with Gasteiger partial charge in [0.05, 0.1) is 6.61 Å². The van der Waals surface area contributed by atoms with Crippen molar-refractivity contribution in [3.63, 3.8) is 0 Å². The van der Waals surface area contributed by atoms with Gasteiger partial charge in [-0.05, 0) is 43.5 Å². The van der Waals surface area contributed by atoms with E-state index in [0.29, 0.717) is 12.6 Å². The molecule has 2 heterocycles. The molecule has 0 aliphatic carbocycles. The molecule has 2 aliphatic rings. The zero-order valence-electron chi connectivity index (χ0n) is 15.1. The minimum Gasteiger partial charge on any atom is -0.494 e. The number of benzene rings is 1. The van der Waals surface area contributed by atoms with Gasteiger partial charge in [-0.15, -0.1) is 0 Å². The molecule has 0 saturated carbocycles. The fourth-order valence-electron chi connectivity index (χ4n) is 3.43. The molecule has 2 aliphatic heterocycles. The van der Waals surface area contributed by atoms with Crippen LogP contribution < -0.4 is 14.8 Å². The van der Waals surface area contributed by atoms with Crippen LogP contribution in [0.5, 0.6) is 11.5 Å². The topological polar surface area (TPSA) is 54.0 Å². The van der Waals surface area contributed by atoms with Gasteiger partial charge in [-0.3, -0.25) is 4.90 Å². The monoisotopic (exact) mass is 347 g/mol. The van der Waals surface area contributed by atoms with E-state index in [1.54, 1.807) is 0 Å². The van der Waals surface area contributed by atoms with Crippen molar-refractivity contribution in [2.45, 2.75) is 32.2 Å². The quantitative estimate of drug-likeness (QED) is 0.784. The summed E-state index contributed by atoms with van der Waals surface area (Å²) < 4.78 is 11.4. The first kappa shape index (κ1) is 17.9. The molecule has 0 atom stereocenters. The van der Waals surface area contributed by atoms with Gasteiger partial charge in [0.2, 0.25) is 0 Å². The van der Waals surface area contributed by atoms with Gasteiger partial charge in [-0.2, -0.15) is 0 Å². The van der Waals surface area contributed by atoms with Crippen molar-refractivity contribution >= 4 is 6.03 Å². The number of carbonyl (C=O) groups excluding carboxylic acids is 1. The Morgan fingerprint density at radius 3 is 2.24 bits per heavy atom. The van der Waals surface area contributed by atoms with E-state index in [2.05, 4.69) is 17.1 Å². The molecule has 1 aromatic rings. The molecule has 2 fully saturated rings. The third kappa shape index (κ3) is 5.01. The summed E-state index contributed by atoms with van der Waals surface area (Å²) in [6.07, 6.45) is 3.12. The van der Waals surface area contributed by atoms with E-state index in [4.69, 9.17) is 9.47 Å². The first-order valence-corrected chi connectivity index (χ1v) is 9.38. The standard InChI is InChI=1S/C19H29N3O3/c1-2-14-24-17-3-5-18(6-4-17)25-15-13-21-10-7-16(8-11-21)22-12-9-20-19(22)23/h3-6,16H,2,7-15H2,1H3,(H,20,23). The number of hydrogen-bond donors (Lipinski definition) is 1. The number of urea groups is 1. The number of piperidine rings is 1. The van der Waals surface area contributed by atoms with Gasteiger partial charge < -0.3 is 19.7 Å². The number of nitrogens with zero attached hydrogens (tertiary/aromatic N) is 2. The van der Waals surface area contributed by atoms with E-state index in [0.717, 1.165) is 70.1 Å². The second-order valence-electron chi connectivity index (χ2n) is 6.67. The second kappa shape index (κ2) is 8.94. The normalized spacial score (nSPS) is 19.1. The molecule has 6 heteroatoms. The summed E-state index contributed by atoms with van der Waals surface area (Å²) in [6.45, 7) is 8.15. The van der Waals surface area contributed by atoms with E-state index in [-0.39, 0.29) is 6.03 Å². The van der Waals surface area contributed by atoms with Crippen molar-refractivity contribution in [3.05, 3.63) is 24.3 Å². The Morgan fingerprint density at radius 1 is 1.04 bits per heavy atom. The fourth-order valence-corrected chi connectivity index (χ4v) is 3.43. The van der Waals surface area contributed by atoms with Gasteiger partial charge in [0.1, 0.15) is 18.1 Å². The molecule has 138 valence electrons. The number of carbonyl (C=O) groups is 1. The molecular formula is C19H29N3O3. The predicted molar refractivity (Wildman–Crippen MR) is 97.3 cm³/mol. The lowest BCUT2D eigenvalue weighted by Gasteiger charge is -2.36. The highest BCUT2D eigenvalue weighted by atomic mass is 16.5. The Balaban J connectivity index is 1.34. The van der Waals surface area contributed by atoms with E-state index in [9.17, 15) is 4.79 Å². The minimum absolute atomic E-state index is 0.105. The van der Waals surface area contributed by atoms with E-state index >= 15 is 0 Å². The Labute approximate surface area is 150 Å². The van der Waals surface area contributed by atoms with Crippen LogP contribution in [0.2, 0.25) is 0 Å². The SMILES string of the molecule is CCCOc1ccc(OCCN2CCC(N3CCNC3=O)CC2)cc1. The molecule has 3 rings (SSSR count). The molecule has 1 N–H and O–H groups in total. The van der Waals surface area contributed by atoms with Crippen LogP contribution in [0.15, 0.2) is 24.3 Å². The number of amides is 2. The highest BCUT2D eigenvalue weighted by molar-refractivity contribution is 5.76. The van der Waals surface area contributed by atoms with Crippen molar-refractivity contribution in [2.75, 3.05) is 45.9 Å².